The Hall–Kier alpha value is -2.27. The number of carbonyl (C=O) groups excluding carboxylic acids is 1. The third kappa shape index (κ3) is 4.61. The van der Waals surface area contributed by atoms with Crippen molar-refractivity contribution in [1.29, 1.82) is 0 Å². The molecule has 1 aromatic heterocycles. The number of methoxy groups -OCH3 is 1. The Morgan fingerprint density at radius 1 is 1.33 bits per heavy atom. The fraction of sp³-hybridized carbons (Fsp3) is 0.333. The van der Waals surface area contributed by atoms with E-state index in [-0.39, 0.29) is 5.91 Å². The molecule has 0 unspecified atom stereocenters. The molecule has 0 atom stereocenters. The van der Waals surface area contributed by atoms with Crippen molar-refractivity contribution >= 4 is 29.0 Å². The zero-order valence-corrected chi connectivity index (χ0v) is 14.9. The van der Waals surface area contributed by atoms with Crippen LogP contribution >= 0.6 is 11.6 Å². The topological polar surface area (TPSA) is 54.5 Å². The molecule has 1 amide bonds. The van der Waals surface area contributed by atoms with Gasteiger partial charge in [-0.15, -0.1) is 0 Å². The highest BCUT2D eigenvalue weighted by Crippen LogP contribution is 2.27. The second kappa shape index (κ2) is 8.55. The Morgan fingerprint density at radius 2 is 2.12 bits per heavy atom. The van der Waals surface area contributed by atoms with Crippen LogP contribution in [0.25, 0.3) is 0 Å². The second-order valence-electron chi connectivity index (χ2n) is 5.48. The lowest BCUT2D eigenvalue weighted by Gasteiger charge is -2.18. The normalized spacial score (nSPS) is 10.3. The number of benzene rings is 1. The van der Waals surface area contributed by atoms with E-state index in [0.29, 0.717) is 22.0 Å². The molecule has 0 aliphatic carbocycles. The average molecular weight is 348 g/mol. The van der Waals surface area contributed by atoms with Crippen molar-refractivity contribution in [3.05, 3.63) is 47.1 Å². The highest BCUT2D eigenvalue weighted by Gasteiger charge is 2.11. The first kappa shape index (κ1) is 18.1. The number of nitrogens with zero attached hydrogens (tertiary/aromatic N) is 2. The molecule has 2 aromatic rings. The van der Waals surface area contributed by atoms with Crippen LogP contribution in [-0.4, -0.2) is 31.6 Å². The van der Waals surface area contributed by atoms with E-state index in [1.807, 2.05) is 11.9 Å². The summed E-state index contributed by atoms with van der Waals surface area (Å²) in [5.41, 5.74) is 1.17. The van der Waals surface area contributed by atoms with Crippen molar-refractivity contribution in [1.82, 2.24) is 4.98 Å². The molecule has 0 aliphatic rings. The number of rotatable bonds is 7. The van der Waals surface area contributed by atoms with Gasteiger partial charge in [0.2, 0.25) is 0 Å². The molecule has 2 rings (SSSR count). The van der Waals surface area contributed by atoms with Crippen LogP contribution in [0.2, 0.25) is 5.02 Å². The summed E-state index contributed by atoms with van der Waals surface area (Å²) in [6, 6.07) is 8.61. The molecule has 1 heterocycles. The monoisotopic (exact) mass is 347 g/mol. The van der Waals surface area contributed by atoms with Crippen LogP contribution in [0, 0.1) is 0 Å². The third-order valence-corrected chi connectivity index (χ3v) is 3.95. The highest BCUT2D eigenvalue weighted by atomic mass is 35.5. The maximum Gasteiger partial charge on any atom is 0.255 e. The maximum absolute atomic E-state index is 12.4. The minimum absolute atomic E-state index is 0.205. The number of hydrogen-bond acceptors (Lipinski definition) is 4. The van der Waals surface area contributed by atoms with Gasteiger partial charge in [-0.1, -0.05) is 24.9 Å². The standard InChI is InChI=1S/C18H22ClN3O2/c1-4-5-10-22(2)17-11-13(8-9-20-17)18(23)21-14-6-7-16(24-3)15(19)12-14/h6-9,11-12H,4-5,10H2,1-3H3,(H,21,23). The van der Waals surface area contributed by atoms with Crippen LogP contribution in [0.1, 0.15) is 30.1 Å². The Labute approximate surface area is 147 Å². The number of unbranched alkanes of at least 4 members (excludes halogenated alkanes) is 1. The average Bonchev–Trinajstić information content (AvgIpc) is 2.60. The molecule has 6 heteroatoms. The van der Waals surface area contributed by atoms with E-state index < -0.39 is 0 Å². The van der Waals surface area contributed by atoms with E-state index >= 15 is 0 Å². The van der Waals surface area contributed by atoms with Crippen LogP contribution in [0.15, 0.2) is 36.5 Å². The summed E-state index contributed by atoms with van der Waals surface area (Å²) >= 11 is 6.08. The van der Waals surface area contributed by atoms with E-state index in [0.717, 1.165) is 25.2 Å². The van der Waals surface area contributed by atoms with Gasteiger partial charge in [0.05, 0.1) is 12.1 Å². The minimum Gasteiger partial charge on any atom is -0.495 e. The van der Waals surface area contributed by atoms with Gasteiger partial charge in [0, 0.05) is 31.0 Å². The minimum atomic E-state index is -0.205. The first-order valence-corrected chi connectivity index (χ1v) is 8.25. The summed E-state index contributed by atoms with van der Waals surface area (Å²) in [7, 11) is 3.52. The van der Waals surface area contributed by atoms with Crippen LogP contribution in [0.4, 0.5) is 11.5 Å². The Balaban J connectivity index is 2.11. The summed E-state index contributed by atoms with van der Waals surface area (Å²) < 4.78 is 5.11. The smallest absolute Gasteiger partial charge is 0.255 e. The summed E-state index contributed by atoms with van der Waals surface area (Å²) in [5.74, 6) is 1.14. The third-order valence-electron chi connectivity index (χ3n) is 3.66. The predicted molar refractivity (Wildman–Crippen MR) is 98.4 cm³/mol. The van der Waals surface area contributed by atoms with Gasteiger partial charge in [-0.05, 0) is 36.8 Å². The van der Waals surface area contributed by atoms with Gasteiger partial charge in [0.1, 0.15) is 11.6 Å². The van der Waals surface area contributed by atoms with E-state index in [1.54, 1.807) is 43.6 Å². The molecule has 1 N–H and O–H groups in total. The summed E-state index contributed by atoms with van der Waals surface area (Å²) in [6.45, 7) is 3.05. The van der Waals surface area contributed by atoms with Gasteiger partial charge in [-0.3, -0.25) is 4.79 Å². The van der Waals surface area contributed by atoms with E-state index in [9.17, 15) is 4.79 Å². The number of nitrogens with one attached hydrogen (secondary N) is 1. The summed E-state index contributed by atoms with van der Waals surface area (Å²) in [6.07, 6.45) is 3.84. The fourth-order valence-corrected chi connectivity index (χ4v) is 2.48. The van der Waals surface area contributed by atoms with Gasteiger partial charge in [0.15, 0.2) is 0 Å². The van der Waals surface area contributed by atoms with Crippen molar-refractivity contribution < 1.29 is 9.53 Å². The van der Waals surface area contributed by atoms with Gasteiger partial charge >= 0.3 is 0 Å². The van der Waals surface area contributed by atoms with Crippen molar-refractivity contribution in [2.45, 2.75) is 19.8 Å². The van der Waals surface area contributed by atoms with Gasteiger partial charge in [-0.2, -0.15) is 0 Å². The molecular formula is C18H22ClN3O2. The Morgan fingerprint density at radius 3 is 2.79 bits per heavy atom. The lowest BCUT2D eigenvalue weighted by Crippen LogP contribution is -2.20. The SMILES string of the molecule is CCCCN(C)c1cc(C(=O)Nc2ccc(OC)c(Cl)c2)ccn1. The zero-order chi connectivity index (χ0) is 17.5. The molecule has 0 aliphatic heterocycles. The number of pyridine rings is 1. The Kier molecular flexibility index (Phi) is 6.44. The molecule has 24 heavy (non-hydrogen) atoms. The Bertz CT molecular complexity index is 706. The first-order valence-electron chi connectivity index (χ1n) is 7.87. The number of amides is 1. The molecular weight excluding hydrogens is 326 g/mol. The molecule has 0 saturated heterocycles. The lowest BCUT2D eigenvalue weighted by molar-refractivity contribution is 0.102. The molecule has 0 spiro atoms. The number of hydrogen-bond donors (Lipinski definition) is 1. The molecule has 0 bridgehead atoms. The number of aromatic nitrogens is 1. The van der Waals surface area contributed by atoms with Crippen molar-refractivity contribution in [3.63, 3.8) is 0 Å². The van der Waals surface area contributed by atoms with Gasteiger partial charge in [0.25, 0.3) is 5.91 Å². The largest absolute Gasteiger partial charge is 0.495 e. The van der Waals surface area contributed by atoms with Crippen LogP contribution in [0.5, 0.6) is 5.75 Å². The summed E-state index contributed by atoms with van der Waals surface area (Å²) in [4.78, 5) is 18.8. The van der Waals surface area contributed by atoms with Crippen molar-refractivity contribution in [3.8, 4) is 5.75 Å². The highest BCUT2D eigenvalue weighted by molar-refractivity contribution is 6.32. The molecule has 0 saturated carbocycles. The first-order chi connectivity index (χ1) is 11.5. The number of ether oxygens (including phenoxy) is 1. The molecule has 0 radical (unpaired) electrons. The van der Waals surface area contributed by atoms with Crippen LogP contribution in [0.3, 0.4) is 0 Å². The quantitative estimate of drug-likeness (QED) is 0.814. The fourth-order valence-electron chi connectivity index (χ4n) is 2.23. The van der Waals surface area contributed by atoms with Gasteiger partial charge in [-0.25, -0.2) is 4.98 Å². The van der Waals surface area contributed by atoms with Crippen LogP contribution in [-0.2, 0) is 0 Å². The zero-order valence-electron chi connectivity index (χ0n) is 14.2. The van der Waals surface area contributed by atoms with E-state index in [1.165, 1.54) is 0 Å². The predicted octanol–water partition coefficient (Wildman–Crippen LogP) is 4.23. The summed E-state index contributed by atoms with van der Waals surface area (Å²) in [5, 5.41) is 3.28. The lowest BCUT2D eigenvalue weighted by atomic mass is 10.2. The molecule has 0 fully saturated rings. The van der Waals surface area contributed by atoms with Crippen LogP contribution < -0.4 is 15.0 Å². The molecule has 5 nitrogen and oxygen atoms in total. The van der Waals surface area contributed by atoms with Crippen molar-refractivity contribution in [2.75, 3.05) is 30.9 Å². The van der Waals surface area contributed by atoms with E-state index in [4.69, 9.17) is 16.3 Å². The molecule has 128 valence electrons. The number of carbonyl (C=O) groups is 1. The number of halogens is 1. The maximum atomic E-state index is 12.4. The second-order valence-corrected chi connectivity index (χ2v) is 5.89. The van der Waals surface area contributed by atoms with E-state index in [2.05, 4.69) is 17.2 Å². The molecule has 1 aromatic carbocycles. The van der Waals surface area contributed by atoms with Crippen molar-refractivity contribution in [2.24, 2.45) is 0 Å². The van der Waals surface area contributed by atoms with Gasteiger partial charge < -0.3 is 15.0 Å². The number of anilines is 2.